The Kier molecular flexibility index (Phi) is 6.20. The minimum absolute atomic E-state index is 0.0609. The summed E-state index contributed by atoms with van der Waals surface area (Å²) in [6, 6.07) is 14.6. The first-order valence-corrected chi connectivity index (χ1v) is 13.5. The normalized spacial score (nSPS) is 15.5. The molecule has 1 aliphatic rings. The van der Waals surface area contributed by atoms with Crippen molar-refractivity contribution in [2.24, 2.45) is 0 Å². The molecule has 8 nitrogen and oxygen atoms in total. The van der Waals surface area contributed by atoms with Crippen LogP contribution in [0.15, 0.2) is 64.3 Å². The quantitative estimate of drug-likeness (QED) is 0.424. The van der Waals surface area contributed by atoms with E-state index in [0.29, 0.717) is 31.9 Å². The molecule has 0 N–H and O–H groups in total. The van der Waals surface area contributed by atoms with Crippen LogP contribution in [0.3, 0.4) is 0 Å². The van der Waals surface area contributed by atoms with Crippen molar-refractivity contribution in [1.29, 1.82) is 0 Å². The summed E-state index contributed by atoms with van der Waals surface area (Å²) in [6.45, 7) is 3.57. The van der Waals surface area contributed by atoms with Crippen LogP contribution in [-0.4, -0.2) is 64.2 Å². The van der Waals surface area contributed by atoms with Gasteiger partial charge in [-0.05, 0) is 37.6 Å². The number of rotatable bonds is 5. The average molecular weight is 496 g/mol. The highest BCUT2D eigenvalue weighted by molar-refractivity contribution is 7.89. The van der Waals surface area contributed by atoms with E-state index in [0.717, 1.165) is 22.3 Å². The van der Waals surface area contributed by atoms with Gasteiger partial charge in [0.25, 0.3) is 0 Å². The Balaban J connectivity index is 1.35. The van der Waals surface area contributed by atoms with Gasteiger partial charge in [-0.2, -0.15) is 4.31 Å². The van der Waals surface area contributed by atoms with Crippen molar-refractivity contribution in [2.75, 3.05) is 26.2 Å². The Morgan fingerprint density at radius 1 is 1.03 bits per heavy atom. The van der Waals surface area contributed by atoms with Crippen LogP contribution < -0.4 is 0 Å². The summed E-state index contributed by atoms with van der Waals surface area (Å²) in [5.74, 6) is 0.600. The minimum Gasteiger partial charge on any atom is -0.340 e. The summed E-state index contributed by atoms with van der Waals surface area (Å²) < 4.78 is 29.6. The van der Waals surface area contributed by atoms with Gasteiger partial charge in [0.1, 0.15) is 12.2 Å². The Bertz CT molecular complexity index is 1410. The van der Waals surface area contributed by atoms with Crippen molar-refractivity contribution in [2.45, 2.75) is 24.8 Å². The number of sulfonamides is 1. The van der Waals surface area contributed by atoms with Crippen LogP contribution in [0, 0.1) is 6.92 Å². The van der Waals surface area contributed by atoms with Gasteiger partial charge in [-0.3, -0.25) is 4.79 Å². The van der Waals surface area contributed by atoms with Gasteiger partial charge in [-0.25, -0.2) is 18.4 Å². The molecule has 0 unspecified atom stereocenters. The van der Waals surface area contributed by atoms with Crippen LogP contribution in [0.25, 0.3) is 22.6 Å². The number of fused-ring (bicyclic) bond motifs is 1. The van der Waals surface area contributed by atoms with Gasteiger partial charge in [0, 0.05) is 31.6 Å². The molecule has 1 fully saturated rings. The molecule has 5 rings (SSSR count). The number of benzene rings is 2. The van der Waals surface area contributed by atoms with E-state index in [1.54, 1.807) is 34.7 Å². The van der Waals surface area contributed by atoms with E-state index in [4.69, 9.17) is 4.98 Å². The number of carbonyl (C=O) groups excluding carboxylic acids is 1. The molecule has 0 atom stereocenters. The lowest BCUT2D eigenvalue weighted by Gasteiger charge is -2.22. The molecule has 0 radical (unpaired) electrons. The van der Waals surface area contributed by atoms with E-state index in [1.165, 1.54) is 15.6 Å². The lowest BCUT2D eigenvalue weighted by atomic mass is 10.2. The maximum atomic E-state index is 13.3. The van der Waals surface area contributed by atoms with Crippen LogP contribution in [0.5, 0.6) is 0 Å². The Morgan fingerprint density at radius 2 is 1.82 bits per heavy atom. The van der Waals surface area contributed by atoms with Gasteiger partial charge in [0.05, 0.1) is 21.4 Å². The number of carbonyl (C=O) groups is 1. The fourth-order valence-electron chi connectivity index (χ4n) is 4.23. The third kappa shape index (κ3) is 4.36. The number of hydrogen-bond acceptors (Lipinski definition) is 6. The SMILES string of the molecule is Cc1ccc(S(=O)(=O)N2CCCN(C(=O)Cn3c(-c4cscn4)nc4ccccc43)CC2)cc1. The first kappa shape index (κ1) is 22.7. The van der Waals surface area contributed by atoms with Gasteiger partial charge in [0.15, 0.2) is 5.82 Å². The fraction of sp³-hybridized carbons (Fsp3) is 0.292. The molecular formula is C24H25N5O3S2. The van der Waals surface area contributed by atoms with Gasteiger partial charge >= 0.3 is 0 Å². The first-order chi connectivity index (χ1) is 16.4. The number of amides is 1. The average Bonchev–Trinajstić information content (AvgIpc) is 3.40. The minimum atomic E-state index is -3.59. The standard InChI is InChI=1S/C24H25N5O3S2/c1-18-7-9-19(10-8-18)34(31,32)28-12-4-11-27(13-14-28)23(30)15-29-22-6-3-2-5-20(22)26-24(29)21-16-33-17-25-21/h2-3,5-10,16-17H,4,11-15H2,1H3. The maximum absolute atomic E-state index is 13.3. The van der Waals surface area contributed by atoms with Crippen LogP contribution in [-0.2, 0) is 21.4 Å². The maximum Gasteiger partial charge on any atom is 0.243 e. The highest BCUT2D eigenvalue weighted by Crippen LogP contribution is 2.25. The van der Waals surface area contributed by atoms with Crippen LogP contribution >= 0.6 is 11.3 Å². The topological polar surface area (TPSA) is 88.4 Å². The van der Waals surface area contributed by atoms with Crippen molar-refractivity contribution < 1.29 is 13.2 Å². The molecule has 0 spiro atoms. The lowest BCUT2D eigenvalue weighted by molar-refractivity contribution is -0.131. The summed E-state index contributed by atoms with van der Waals surface area (Å²) >= 11 is 1.48. The third-order valence-electron chi connectivity index (χ3n) is 6.08. The Hall–Kier alpha value is -3.08. The largest absolute Gasteiger partial charge is 0.340 e. The second-order valence-electron chi connectivity index (χ2n) is 8.34. The molecule has 3 heterocycles. The van der Waals surface area contributed by atoms with Crippen molar-refractivity contribution >= 4 is 38.3 Å². The number of hydrogen-bond donors (Lipinski definition) is 0. The molecule has 2 aromatic heterocycles. The molecular weight excluding hydrogens is 470 g/mol. The monoisotopic (exact) mass is 495 g/mol. The summed E-state index contributed by atoms with van der Waals surface area (Å²) in [4.78, 5) is 24.5. The predicted molar refractivity (Wildman–Crippen MR) is 132 cm³/mol. The lowest BCUT2D eigenvalue weighted by Crippen LogP contribution is -2.38. The van der Waals surface area contributed by atoms with E-state index in [2.05, 4.69) is 4.98 Å². The van der Waals surface area contributed by atoms with E-state index in [-0.39, 0.29) is 23.9 Å². The van der Waals surface area contributed by atoms with Crippen molar-refractivity contribution in [3.63, 3.8) is 0 Å². The Morgan fingerprint density at radius 3 is 2.59 bits per heavy atom. The third-order valence-corrected chi connectivity index (χ3v) is 8.58. The molecule has 0 bridgehead atoms. The molecule has 176 valence electrons. The van der Waals surface area contributed by atoms with E-state index >= 15 is 0 Å². The van der Waals surface area contributed by atoms with E-state index < -0.39 is 10.0 Å². The number of nitrogens with zero attached hydrogens (tertiary/aromatic N) is 5. The van der Waals surface area contributed by atoms with E-state index in [1.807, 2.05) is 41.1 Å². The van der Waals surface area contributed by atoms with Crippen LogP contribution in [0.1, 0.15) is 12.0 Å². The van der Waals surface area contributed by atoms with Gasteiger partial charge < -0.3 is 9.47 Å². The van der Waals surface area contributed by atoms with Crippen molar-refractivity contribution in [3.8, 4) is 11.5 Å². The molecule has 2 aromatic carbocycles. The molecule has 34 heavy (non-hydrogen) atoms. The predicted octanol–water partition coefficient (Wildman–Crippen LogP) is 3.39. The molecule has 1 aliphatic heterocycles. The molecule has 10 heteroatoms. The fourth-order valence-corrected chi connectivity index (χ4v) is 6.23. The number of aryl methyl sites for hydroxylation is 1. The molecule has 0 saturated carbocycles. The zero-order valence-electron chi connectivity index (χ0n) is 18.8. The van der Waals surface area contributed by atoms with Gasteiger partial charge in [-0.1, -0.05) is 29.8 Å². The van der Waals surface area contributed by atoms with Gasteiger partial charge in [0.2, 0.25) is 15.9 Å². The highest BCUT2D eigenvalue weighted by Gasteiger charge is 2.29. The van der Waals surface area contributed by atoms with Crippen molar-refractivity contribution in [3.05, 3.63) is 65.0 Å². The summed E-state index contributed by atoms with van der Waals surface area (Å²) in [5.41, 5.74) is 5.18. The summed E-state index contributed by atoms with van der Waals surface area (Å²) in [5, 5.41) is 1.92. The first-order valence-electron chi connectivity index (χ1n) is 11.1. The number of aromatic nitrogens is 3. The number of para-hydroxylation sites is 2. The summed E-state index contributed by atoms with van der Waals surface area (Å²) in [6.07, 6.45) is 0.584. The molecule has 0 aliphatic carbocycles. The second-order valence-corrected chi connectivity index (χ2v) is 11.0. The second kappa shape index (κ2) is 9.28. The number of thiazole rings is 1. The zero-order valence-corrected chi connectivity index (χ0v) is 20.4. The molecule has 1 saturated heterocycles. The highest BCUT2D eigenvalue weighted by atomic mass is 32.2. The van der Waals surface area contributed by atoms with E-state index in [9.17, 15) is 13.2 Å². The smallest absolute Gasteiger partial charge is 0.243 e. The zero-order chi connectivity index (χ0) is 23.7. The number of imidazole rings is 1. The van der Waals surface area contributed by atoms with Gasteiger partial charge in [-0.15, -0.1) is 11.3 Å². The summed E-state index contributed by atoms with van der Waals surface area (Å²) in [7, 11) is -3.59. The van der Waals surface area contributed by atoms with Crippen LogP contribution in [0.4, 0.5) is 0 Å². The molecule has 4 aromatic rings. The van der Waals surface area contributed by atoms with Crippen molar-refractivity contribution in [1.82, 2.24) is 23.7 Å². The van der Waals surface area contributed by atoms with Crippen LogP contribution in [0.2, 0.25) is 0 Å². The Labute approximate surface area is 202 Å². The molecule has 1 amide bonds.